The van der Waals surface area contributed by atoms with Crippen LogP contribution in [0.2, 0.25) is 8.67 Å². The normalized spacial score (nSPS) is 11.0. The first kappa shape index (κ1) is 22.7. The van der Waals surface area contributed by atoms with Gasteiger partial charge in [-0.1, -0.05) is 23.2 Å². The van der Waals surface area contributed by atoms with Gasteiger partial charge in [-0.25, -0.2) is 9.97 Å². The third kappa shape index (κ3) is 5.19. The van der Waals surface area contributed by atoms with Gasteiger partial charge in [-0.2, -0.15) is 0 Å². The Bertz CT molecular complexity index is 1360. The number of anilines is 2. The fraction of sp³-hybridized carbons (Fsp3) is 0. The third-order valence-corrected chi connectivity index (χ3v) is 9.26. The molecule has 0 saturated carbocycles. The van der Waals surface area contributed by atoms with Crippen molar-refractivity contribution in [3.63, 3.8) is 0 Å². The van der Waals surface area contributed by atoms with E-state index in [2.05, 4.69) is 20.6 Å². The number of nitrogens with one attached hydrogen (secondary N) is 2. The van der Waals surface area contributed by atoms with Gasteiger partial charge in [0.2, 0.25) is 0 Å². The van der Waals surface area contributed by atoms with Gasteiger partial charge in [-0.15, -0.1) is 56.7 Å². The van der Waals surface area contributed by atoms with Gasteiger partial charge in [-0.3, -0.25) is 20.2 Å². The van der Waals surface area contributed by atoms with E-state index in [0.717, 1.165) is 32.5 Å². The number of thiazole rings is 2. The van der Waals surface area contributed by atoms with Crippen LogP contribution in [0.3, 0.4) is 0 Å². The Hall–Kier alpha value is -2.12. The molecule has 5 heterocycles. The lowest BCUT2D eigenvalue weighted by molar-refractivity contribution is 0.102. The van der Waals surface area contributed by atoms with Crippen molar-refractivity contribution in [1.29, 1.82) is 0 Å². The van der Waals surface area contributed by atoms with Crippen LogP contribution in [-0.4, -0.2) is 21.8 Å². The van der Waals surface area contributed by atoms with Crippen molar-refractivity contribution >= 4 is 102 Å². The van der Waals surface area contributed by atoms with Crippen LogP contribution in [-0.2, 0) is 0 Å². The average Bonchev–Trinajstić information content (AvgIpc) is 3.59. The zero-order chi connectivity index (χ0) is 22.9. The summed E-state index contributed by atoms with van der Waals surface area (Å²) in [6.07, 6.45) is 0. The van der Waals surface area contributed by atoms with Crippen LogP contribution in [0.1, 0.15) is 19.3 Å². The zero-order valence-electron chi connectivity index (χ0n) is 16.1. The highest BCUT2D eigenvalue weighted by Crippen LogP contribution is 2.34. The fourth-order valence-electron chi connectivity index (χ4n) is 2.69. The first-order valence-electron chi connectivity index (χ1n) is 9.09. The molecule has 33 heavy (non-hydrogen) atoms. The second kappa shape index (κ2) is 9.63. The highest BCUT2D eigenvalue weighted by Gasteiger charge is 2.17. The number of halogens is 2. The van der Waals surface area contributed by atoms with Gasteiger partial charge in [-0.05, 0) is 36.4 Å². The summed E-state index contributed by atoms with van der Waals surface area (Å²) in [6.45, 7) is 0. The SMILES string of the molecule is O=C(Nc1nc(-c2ccc(Cl)s2)cs1)c1ccc(C(=O)Nc2nc(-c3ccc(Cl)s3)cs2)s1. The molecule has 0 saturated heterocycles. The Kier molecular flexibility index (Phi) is 6.61. The molecule has 5 aromatic rings. The summed E-state index contributed by atoms with van der Waals surface area (Å²) in [5, 5.41) is 10.2. The molecule has 0 spiro atoms. The van der Waals surface area contributed by atoms with E-state index >= 15 is 0 Å². The molecule has 0 bridgehead atoms. The van der Waals surface area contributed by atoms with Crippen LogP contribution in [0, 0.1) is 0 Å². The van der Waals surface area contributed by atoms with Crippen molar-refractivity contribution < 1.29 is 9.59 Å². The summed E-state index contributed by atoms with van der Waals surface area (Å²) in [7, 11) is 0. The molecule has 0 aliphatic carbocycles. The summed E-state index contributed by atoms with van der Waals surface area (Å²) in [4.78, 5) is 36.8. The van der Waals surface area contributed by atoms with E-state index in [-0.39, 0.29) is 11.8 Å². The fourth-order valence-corrected chi connectivity index (χ4v) is 7.06. The molecule has 5 aromatic heterocycles. The lowest BCUT2D eigenvalue weighted by atomic mass is 10.4. The van der Waals surface area contributed by atoms with Crippen molar-refractivity contribution in [3.8, 4) is 21.1 Å². The molecule has 0 aliphatic heterocycles. The van der Waals surface area contributed by atoms with Crippen molar-refractivity contribution in [2.75, 3.05) is 10.6 Å². The maximum absolute atomic E-state index is 12.6. The van der Waals surface area contributed by atoms with Crippen LogP contribution < -0.4 is 10.6 Å². The molecule has 0 radical (unpaired) electrons. The van der Waals surface area contributed by atoms with E-state index in [1.807, 2.05) is 35.0 Å². The first-order valence-corrected chi connectivity index (χ1v) is 14.1. The van der Waals surface area contributed by atoms with Crippen LogP contribution in [0.5, 0.6) is 0 Å². The van der Waals surface area contributed by atoms with Gasteiger partial charge in [0.25, 0.3) is 11.8 Å². The molecule has 5 rings (SSSR count). The lowest BCUT2D eigenvalue weighted by Gasteiger charge is -1.99. The largest absolute Gasteiger partial charge is 0.297 e. The number of carbonyl (C=O) groups is 2. The second-order valence-electron chi connectivity index (χ2n) is 6.36. The molecule has 2 amide bonds. The minimum Gasteiger partial charge on any atom is -0.297 e. The molecule has 0 atom stereocenters. The van der Waals surface area contributed by atoms with E-state index in [1.54, 1.807) is 12.1 Å². The van der Waals surface area contributed by atoms with E-state index in [4.69, 9.17) is 23.2 Å². The maximum Gasteiger partial charge on any atom is 0.267 e. The van der Waals surface area contributed by atoms with Gasteiger partial charge in [0.1, 0.15) is 0 Å². The van der Waals surface area contributed by atoms with E-state index < -0.39 is 0 Å². The quantitative estimate of drug-likeness (QED) is 0.218. The summed E-state index contributed by atoms with van der Waals surface area (Å²) in [5.74, 6) is -0.648. The number of amides is 2. The molecule has 0 aromatic carbocycles. The number of hydrogen-bond donors (Lipinski definition) is 2. The van der Waals surface area contributed by atoms with Crippen molar-refractivity contribution in [2.45, 2.75) is 0 Å². The Morgan fingerprint density at radius 2 is 1.12 bits per heavy atom. The van der Waals surface area contributed by atoms with Crippen LogP contribution >= 0.6 is 79.9 Å². The van der Waals surface area contributed by atoms with Crippen LogP contribution in [0.25, 0.3) is 21.1 Å². The van der Waals surface area contributed by atoms with Crippen molar-refractivity contribution in [1.82, 2.24) is 9.97 Å². The molecule has 166 valence electrons. The number of thiophene rings is 3. The van der Waals surface area contributed by atoms with Crippen LogP contribution in [0.15, 0.2) is 47.2 Å². The van der Waals surface area contributed by atoms with Crippen molar-refractivity contribution in [2.24, 2.45) is 0 Å². The monoisotopic (exact) mass is 568 g/mol. The first-order chi connectivity index (χ1) is 15.9. The minimum absolute atomic E-state index is 0.324. The molecule has 13 heteroatoms. The Morgan fingerprint density at radius 1 is 0.667 bits per heavy atom. The highest BCUT2D eigenvalue weighted by molar-refractivity contribution is 7.20. The third-order valence-electron chi connectivity index (χ3n) is 4.15. The number of rotatable bonds is 6. The molecule has 0 fully saturated rings. The number of nitrogens with zero attached hydrogens (tertiary/aromatic N) is 2. The standard InChI is InChI=1S/C20H10Cl2N4O2S5/c21-15-5-3-11(32-15)9-7-29-19(23-9)25-17(27)13-1-2-14(31-13)18(28)26-20-24-10(8-30-20)12-4-6-16(22)33-12/h1-8H,(H,23,25,27)(H,24,26,28). The Labute approximate surface area is 217 Å². The van der Waals surface area contributed by atoms with E-state index in [9.17, 15) is 9.59 Å². The minimum atomic E-state index is -0.324. The average molecular weight is 570 g/mol. The summed E-state index contributed by atoms with van der Waals surface area (Å²) in [5.41, 5.74) is 1.51. The van der Waals surface area contributed by atoms with Crippen LogP contribution in [0.4, 0.5) is 10.3 Å². The number of carbonyl (C=O) groups excluding carboxylic acids is 2. The Morgan fingerprint density at radius 3 is 1.52 bits per heavy atom. The maximum atomic E-state index is 12.6. The molecule has 0 aliphatic rings. The second-order valence-corrected chi connectivity index (χ2v) is 12.6. The van der Waals surface area contributed by atoms with E-state index in [1.165, 1.54) is 45.3 Å². The predicted octanol–water partition coefficient (Wildman–Crippen LogP) is 7.93. The molecule has 6 nitrogen and oxygen atoms in total. The molecular weight excluding hydrogens is 559 g/mol. The predicted molar refractivity (Wildman–Crippen MR) is 141 cm³/mol. The smallest absolute Gasteiger partial charge is 0.267 e. The van der Waals surface area contributed by atoms with Gasteiger partial charge < -0.3 is 0 Å². The van der Waals surface area contributed by atoms with Gasteiger partial charge in [0.15, 0.2) is 10.3 Å². The molecule has 2 N–H and O–H groups in total. The van der Waals surface area contributed by atoms with Gasteiger partial charge in [0, 0.05) is 10.8 Å². The summed E-state index contributed by atoms with van der Waals surface area (Å²) in [6, 6.07) is 10.6. The molecular formula is C20H10Cl2N4O2S5. The molecule has 0 unspecified atom stereocenters. The Balaban J connectivity index is 1.22. The topological polar surface area (TPSA) is 84.0 Å². The summed E-state index contributed by atoms with van der Waals surface area (Å²) >= 11 is 18.5. The zero-order valence-corrected chi connectivity index (χ0v) is 21.7. The van der Waals surface area contributed by atoms with E-state index in [0.29, 0.717) is 28.7 Å². The van der Waals surface area contributed by atoms with Gasteiger partial charge in [0.05, 0.1) is 39.6 Å². The lowest BCUT2D eigenvalue weighted by Crippen LogP contribution is -2.11. The highest BCUT2D eigenvalue weighted by atomic mass is 35.5. The van der Waals surface area contributed by atoms with Crippen molar-refractivity contribution in [3.05, 3.63) is 65.6 Å². The number of aromatic nitrogens is 2. The van der Waals surface area contributed by atoms with Gasteiger partial charge >= 0.3 is 0 Å². The summed E-state index contributed by atoms with van der Waals surface area (Å²) < 4.78 is 1.36. The number of hydrogen-bond acceptors (Lipinski definition) is 9.